The molecule has 0 saturated carbocycles. The van der Waals surface area contributed by atoms with E-state index < -0.39 is 28.5 Å². The number of benzene rings is 4. The highest BCUT2D eigenvalue weighted by Gasteiger charge is 2.34. The maximum Gasteiger partial charge on any atom is 0.264 e. The molecule has 9 nitrogen and oxygen atoms in total. The molecule has 0 radical (unpaired) electrons. The number of methoxy groups -OCH3 is 2. The highest BCUT2D eigenvalue weighted by molar-refractivity contribution is 9.10. The first kappa shape index (κ1) is 32.6. The van der Waals surface area contributed by atoms with Crippen LogP contribution in [0.25, 0.3) is 0 Å². The van der Waals surface area contributed by atoms with Gasteiger partial charge in [-0.15, -0.1) is 0 Å². The molecule has 4 aromatic rings. The van der Waals surface area contributed by atoms with Crippen LogP contribution in [0.4, 0.5) is 5.69 Å². The minimum absolute atomic E-state index is 0.00850. The van der Waals surface area contributed by atoms with Crippen molar-refractivity contribution in [3.05, 3.63) is 119 Å². The number of carbonyl (C=O) groups excluding carboxylic acids is 2. The van der Waals surface area contributed by atoms with E-state index in [-0.39, 0.29) is 29.5 Å². The first-order valence-electron chi connectivity index (χ1n) is 13.8. The van der Waals surface area contributed by atoms with E-state index in [9.17, 15) is 18.0 Å². The van der Waals surface area contributed by atoms with Crippen molar-refractivity contribution in [3.8, 4) is 11.5 Å². The van der Waals surface area contributed by atoms with Crippen LogP contribution in [0.15, 0.2) is 112 Å². The number of sulfonamides is 1. The molecule has 4 rings (SSSR count). The fraction of sp³-hybridized carbons (Fsp3) is 0.212. The number of ether oxygens (including phenoxy) is 2. The quantitative estimate of drug-likeness (QED) is 0.212. The topological polar surface area (TPSA) is 105 Å². The average molecular weight is 681 g/mol. The molecule has 0 saturated heterocycles. The van der Waals surface area contributed by atoms with Crippen LogP contribution in [0.1, 0.15) is 11.1 Å². The normalized spacial score (nSPS) is 11.7. The standard InChI is InChI=1S/C33H34BrN3O6S/c1-35-33(39)29(20-24-10-6-4-7-11-24)36(22-25-14-16-26(34)17-15-25)32(38)23-37(44(40,41)28-12-8-5-9-13-28)27-18-19-30(42-2)31(21-27)43-3/h4-19,21,29H,20,22-23H2,1-3H3,(H,35,39). The highest BCUT2D eigenvalue weighted by atomic mass is 79.9. The molecule has 0 fully saturated rings. The van der Waals surface area contributed by atoms with E-state index >= 15 is 0 Å². The molecule has 0 heterocycles. The van der Waals surface area contributed by atoms with Crippen LogP contribution in [0, 0.1) is 0 Å². The monoisotopic (exact) mass is 679 g/mol. The van der Waals surface area contributed by atoms with Crippen molar-refractivity contribution in [1.29, 1.82) is 0 Å². The lowest BCUT2D eigenvalue weighted by molar-refractivity contribution is -0.139. The third kappa shape index (κ3) is 7.78. The third-order valence-corrected chi connectivity index (χ3v) is 9.37. The molecule has 44 heavy (non-hydrogen) atoms. The summed E-state index contributed by atoms with van der Waals surface area (Å²) in [5, 5.41) is 2.68. The van der Waals surface area contributed by atoms with Gasteiger partial charge in [-0.3, -0.25) is 13.9 Å². The molecule has 0 aliphatic heterocycles. The second-order valence-corrected chi connectivity index (χ2v) is 12.6. The van der Waals surface area contributed by atoms with Gasteiger partial charge in [0.1, 0.15) is 12.6 Å². The number of hydrogen-bond donors (Lipinski definition) is 1. The molecule has 0 bridgehead atoms. The fourth-order valence-corrected chi connectivity index (χ4v) is 6.43. The summed E-state index contributed by atoms with van der Waals surface area (Å²) in [7, 11) is 0.201. The van der Waals surface area contributed by atoms with Crippen LogP contribution in [0.5, 0.6) is 11.5 Å². The average Bonchev–Trinajstić information content (AvgIpc) is 3.06. The number of likely N-dealkylation sites (N-methyl/N-ethyl adjacent to an activating group) is 1. The van der Waals surface area contributed by atoms with E-state index in [1.807, 2.05) is 54.6 Å². The molecule has 0 aliphatic rings. The first-order valence-corrected chi connectivity index (χ1v) is 16.0. The van der Waals surface area contributed by atoms with E-state index in [0.717, 1.165) is 19.9 Å². The van der Waals surface area contributed by atoms with Crippen LogP contribution in [0.3, 0.4) is 0 Å². The van der Waals surface area contributed by atoms with Gasteiger partial charge < -0.3 is 19.7 Å². The predicted molar refractivity (Wildman–Crippen MR) is 173 cm³/mol. The number of anilines is 1. The molecular formula is C33H34BrN3O6S. The fourth-order valence-electron chi connectivity index (χ4n) is 4.74. The van der Waals surface area contributed by atoms with Crippen LogP contribution < -0.4 is 19.1 Å². The Bertz CT molecular complexity index is 1670. The SMILES string of the molecule is CNC(=O)C(Cc1ccccc1)N(Cc1ccc(Br)cc1)C(=O)CN(c1ccc(OC)c(OC)c1)S(=O)(=O)c1ccccc1. The Hall–Kier alpha value is -4.35. The molecule has 0 aromatic heterocycles. The van der Waals surface area contributed by atoms with Gasteiger partial charge in [0.2, 0.25) is 11.8 Å². The van der Waals surface area contributed by atoms with E-state index in [1.165, 1.54) is 44.4 Å². The van der Waals surface area contributed by atoms with Crippen molar-refractivity contribution in [2.75, 3.05) is 32.1 Å². The maximum atomic E-state index is 14.4. The summed E-state index contributed by atoms with van der Waals surface area (Å²) in [4.78, 5) is 29.2. The highest BCUT2D eigenvalue weighted by Crippen LogP contribution is 2.34. The summed E-state index contributed by atoms with van der Waals surface area (Å²) < 4.78 is 40.9. The zero-order valence-electron chi connectivity index (χ0n) is 24.6. The Labute approximate surface area is 266 Å². The number of amides is 2. The van der Waals surface area contributed by atoms with Crippen LogP contribution in [-0.2, 0) is 32.6 Å². The Kier molecular flexibility index (Phi) is 11.0. The van der Waals surface area contributed by atoms with Crippen molar-refractivity contribution < 1.29 is 27.5 Å². The Morgan fingerprint density at radius 2 is 1.43 bits per heavy atom. The molecule has 0 spiro atoms. The van der Waals surface area contributed by atoms with Crippen LogP contribution in [0.2, 0.25) is 0 Å². The first-order chi connectivity index (χ1) is 21.2. The molecule has 11 heteroatoms. The number of carbonyl (C=O) groups is 2. The van der Waals surface area contributed by atoms with Gasteiger partial charge >= 0.3 is 0 Å². The summed E-state index contributed by atoms with van der Waals surface area (Å²) in [5.74, 6) is -0.238. The number of rotatable bonds is 13. The van der Waals surface area contributed by atoms with E-state index in [4.69, 9.17) is 9.47 Å². The molecule has 1 unspecified atom stereocenters. The smallest absolute Gasteiger partial charge is 0.264 e. The minimum atomic E-state index is -4.23. The van der Waals surface area contributed by atoms with E-state index in [0.29, 0.717) is 11.5 Å². The summed E-state index contributed by atoms with van der Waals surface area (Å²) in [6.07, 6.45) is 0.227. The molecule has 4 aromatic carbocycles. The summed E-state index contributed by atoms with van der Waals surface area (Å²) in [6.45, 7) is -0.506. The van der Waals surface area contributed by atoms with Crippen molar-refractivity contribution in [2.24, 2.45) is 0 Å². The molecular weight excluding hydrogens is 646 g/mol. The Morgan fingerprint density at radius 3 is 2.02 bits per heavy atom. The summed E-state index contributed by atoms with van der Waals surface area (Å²) in [6, 6.07) is 28.3. The summed E-state index contributed by atoms with van der Waals surface area (Å²) >= 11 is 3.44. The van der Waals surface area contributed by atoms with Crippen molar-refractivity contribution in [1.82, 2.24) is 10.2 Å². The van der Waals surface area contributed by atoms with Crippen LogP contribution >= 0.6 is 15.9 Å². The van der Waals surface area contributed by atoms with Gasteiger partial charge in [0, 0.05) is 30.6 Å². The molecule has 0 aliphatic carbocycles. The zero-order chi connectivity index (χ0) is 31.7. The Morgan fingerprint density at radius 1 is 0.818 bits per heavy atom. The second-order valence-electron chi connectivity index (χ2n) is 9.83. The Balaban J connectivity index is 1.81. The van der Waals surface area contributed by atoms with Crippen molar-refractivity contribution >= 4 is 43.5 Å². The largest absolute Gasteiger partial charge is 0.493 e. The zero-order valence-corrected chi connectivity index (χ0v) is 27.0. The number of nitrogens with one attached hydrogen (secondary N) is 1. The van der Waals surface area contributed by atoms with E-state index in [1.54, 1.807) is 30.3 Å². The van der Waals surface area contributed by atoms with Crippen molar-refractivity contribution in [2.45, 2.75) is 23.9 Å². The molecule has 2 amide bonds. The summed E-state index contributed by atoms with van der Waals surface area (Å²) in [5.41, 5.74) is 1.82. The van der Waals surface area contributed by atoms with Crippen LogP contribution in [-0.4, -0.2) is 59.0 Å². The van der Waals surface area contributed by atoms with Gasteiger partial charge in [0.25, 0.3) is 10.0 Å². The lowest BCUT2D eigenvalue weighted by Crippen LogP contribution is -2.53. The molecule has 230 valence electrons. The lowest BCUT2D eigenvalue weighted by atomic mass is 10.0. The van der Waals surface area contributed by atoms with Gasteiger partial charge in [0.05, 0.1) is 24.8 Å². The predicted octanol–water partition coefficient (Wildman–Crippen LogP) is 5.05. The second kappa shape index (κ2) is 14.9. The number of nitrogens with zero attached hydrogens (tertiary/aromatic N) is 2. The minimum Gasteiger partial charge on any atom is -0.493 e. The maximum absolute atomic E-state index is 14.4. The number of halogens is 1. The van der Waals surface area contributed by atoms with Gasteiger partial charge in [-0.1, -0.05) is 76.6 Å². The third-order valence-electron chi connectivity index (χ3n) is 7.05. The van der Waals surface area contributed by atoms with Gasteiger partial charge in [-0.25, -0.2) is 8.42 Å². The van der Waals surface area contributed by atoms with Gasteiger partial charge in [0.15, 0.2) is 11.5 Å². The van der Waals surface area contributed by atoms with Crippen molar-refractivity contribution in [3.63, 3.8) is 0 Å². The van der Waals surface area contributed by atoms with Gasteiger partial charge in [-0.05, 0) is 47.5 Å². The molecule has 1 atom stereocenters. The molecule has 1 N–H and O–H groups in total. The van der Waals surface area contributed by atoms with Gasteiger partial charge in [-0.2, -0.15) is 0 Å². The lowest BCUT2D eigenvalue weighted by Gasteiger charge is -2.33. The van der Waals surface area contributed by atoms with E-state index in [2.05, 4.69) is 21.2 Å². The number of hydrogen-bond acceptors (Lipinski definition) is 6.